The van der Waals surface area contributed by atoms with Crippen molar-refractivity contribution in [2.75, 3.05) is 33.3 Å². The molecule has 17 heavy (non-hydrogen) atoms. The molecule has 2 rings (SSSR count). The Morgan fingerprint density at radius 1 is 1.47 bits per heavy atom. The Morgan fingerprint density at radius 2 is 2.35 bits per heavy atom. The molecule has 0 saturated carbocycles. The van der Waals surface area contributed by atoms with Crippen molar-refractivity contribution in [2.24, 2.45) is 5.73 Å². The summed E-state index contributed by atoms with van der Waals surface area (Å²) >= 11 is 0. The van der Waals surface area contributed by atoms with Crippen molar-refractivity contribution in [1.29, 1.82) is 0 Å². The first-order chi connectivity index (χ1) is 8.29. The highest BCUT2D eigenvalue weighted by Crippen LogP contribution is 2.28. The molecule has 1 fully saturated rings. The van der Waals surface area contributed by atoms with E-state index in [0.29, 0.717) is 19.1 Å². The van der Waals surface area contributed by atoms with Gasteiger partial charge in [-0.2, -0.15) is 0 Å². The monoisotopic (exact) mass is 234 g/mol. The Balaban J connectivity index is 1.96. The van der Waals surface area contributed by atoms with Gasteiger partial charge in [0.15, 0.2) is 0 Å². The lowest BCUT2D eigenvalue weighted by Gasteiger charge is -2.12. The second-order valence-corrected chi connectivity index (χ2v) is 4.81. The fourth-order valence-corrected chi connectivity index (χ4v) is 2.34. The lowest BCUT2D eigenvalue weighted by atomic mass is 9.98. The molecular formula is C14H22N2O. The third-order valence-electron chi connectivity index (χ3n) is 3.34. The van der Waals surface area contributed by atoms with Gasteiger partial charge in [-0.1, -0.05) is 12.1 Å². The first kappa shape index (κ1) is 12.4. The van der Waals surface area contributed by atoms with E-state index in [1.165, 1.54) is 18.5 Å². The zero-order chi connectivity index (χ0) is 12.1. The van der Waals surface area contributed by atoms with Gasteiger partial charge in [0.05, 0.1) is 6.61 Å². The van der Waals surface area contributed by atoms with Crippen LogP contribution < -0.4 is 10.5 Å². The maximum atomic E-state index is 5.68. The normalized spacial score (nSPS) is 20.7. The van der Waals surface area contributed by atoms with Crippen LogP contribution in [0.25, 0.3) is 0 Å². The predicted octanol–water partition coefficient (Wildman–Crippen LogP) is 1.83. The number of nitrogens with zero attached hydrogens (tertiary/aromatic N) is 1. The van der Waals surface area contributed by atoms with Gasteiger partial charge in [-0.15, -0.1) is 0 Å². The van der Waals surface area contributed by atoms with Gasteiger partial charge in [0.25, 0.3) is 0 Å². The molecule has 0 radical (unpaired) electrons. The maximum absolute atomic E-state index is 5.68. The molecule has 0 aliphatic carbocycles. The molecule has 1 aromatic rings. The third kappa shape index (κ3) is 3.45. The van der Waals surface area contributed by atoms with Gasteiger partial charge < -0.3 is 15.4 Å². The molecule has 0 amide bonds. The Labute approximate surface area is 104 Å². The number of nitrogens with two attached hydrogens (primary N) is 1. The highest BCUT2D eigenvalue weighted by molar-refractivity contribution is 5.31. The number of benzene rings is 1. The van der Waals surface area contributed by atoms with Gasteiger partial charge in [-0.25, -0.2) is 0 Å². The smallest absolute Gasteiger partial charge is 0.119 e. The van der Waals surface area contributed by atoms with Gasteiger partial charge in [-0.05, 0) is 56.6 Å². The molecule has 94 valence electrons. The van der Waals surface area contributed by atoms with Gasteiger partial charge >= 0.3 is 0 Å². The first-order valence-electron chi connectivity index (χ1n) is 6.41. The number of likely N-dealkylation sites (N-methyl/N-ethyl adjacent to an activating group) is 1. The molecule has 0 spiro atoms. The molecule has 1 heterocycles. The Morgan fingerprint density at radius 3 is 3.06 bits per heavy atom. The summed E-state index contributed by atoms with van der Waals surface area (Å²) in [7, 11) is 2.18. The molecule has 0 aromatic heterocycles. The van der Waals surface area contributed by atoms with E-state index in [1.54, 1.807) is 0 Å². The van der Waals surface area contributed by atoms with Crippen molar-refractivity contribution in [2.45, 2.75) is 18.8 Å². The van der Waals surface area contributed by atoms with Crippen LogP contribution in [0.1, 0.15) is 24.3 Å². The van der Waals surface area contributed by atoms with E-state index in [2.05, 4.69) is 30.1 Å². The predicted molar refractivity (Wildman–Crippen MR) is 70.5 cm³/mol. The number of hydrogen-bond donors (Lipinski definition) is 1. The standard InChI is InChI=1S/C14H22N2O/c1-16-8-6-13(11-16)12-4-2-5-14(10-12)17-9-3-7-15/h2,4-5,10,13H,3,6-9,11,15H2,1H3. The van der Waals surface area contributed by atoms with Gasteiger partial charge in [0.1, 0.15) is 5.75 Å². The summed E-state index contributed by atoms with van der Waals surface area (Å²) in [6.07, 6.45) is 2.17. The number of hydrogen-bond acceptors (Lipinski definition) is 3. The van der Waals surface area contributed by atoms with E-state index < -0.39 is 0 Å². The lowest BCUT2D eigenvalue weighted by Crippen LogP contribution is -2.13. The van der Waals surface area contributed by atoms with E-state index >= 15 is 0 Å². The lowest BCUT2D eigenvalue weighted by molar-refractivity contribution is 0.313. The summed E-state index contributed by atoms with van der Waals surface area (Å²) in [6, 6.07) is 8.50. The minimum Gasteiger partial charge on any atom is -0.494 e. The van der Waals surface area contributed by atoms with Gasteiger partial charge in [0, 0.05) is 6.54 Å². The van der Waals surface area contributed by atoms with Crippen LogP contribution in [0.15, 0.2) is 24.3 Å². The van der Waals surface area contributed by atoms with Crippen LogP contribution >= 0.6 is 0 Å². The van der Waals surface area contributed by atoms with E-state index in [1.807, 2.05) is 6.07 Å². The summed E-state index contributed by atoms with van der Waals surface area (Å²) in [5.74, 6) is 1.64. The van der Waals surface area contributed by atoms with Crippen LogP contribution in [0.5, 0.6) is 5.75 Å². The molecule has 1 aromatic carbocycles. The Kier molecular flexibility index (Phi) is 4.40. The Hall–Kier alpha value is -1.06. The Bertz CT molecular complexity index is 354. The van der Waals surface area contributed by atoms with Crippen LogP contribution in [0.2, 0.25) is 0 Å². The SMILES string of the molecule is CN1CCC(c2cccc(OCCCN)c2)C1. The van der Waals surface area contributed by atoms with Crippen molar-refractivity contribution >= 4 is 0 Å². The van der Waals surface area contributed by atoms with Crippen LogP contribution in [-0.4, -0.2) is 38.2 Å². The third-order valence-corrected chi connectivity index (χ3v) is 3.34. The zero-order valence-electron chi connectivity index (χ0n) is 10.6. The highest BCUT2D eigenvalue weighted by Gasteiger charge is 2.21. The van der Waals surface area contributed by atoms with Gasteiger partial charge in [-0.3, -0.25) is 0 Å². The molecule has 1 aliphatic rings. The van der Waals surface area contributed by atoms with Crippen molar-refractivity contribution in [3.8, 4) is 5.75 Å². The van der Waals surface area contributed by atoms with Crippen LogP contribution in [0, 0.1) is 0 Å². The molecule has 2 N–H and O–H groups in total. The van der Waals surface area contributed by atoms with E-state index in [0.717, 1.165) is 18.7 Å². The largest absolute Gasteiger partial charge is 0.494 e. The van der Waals surface area contributed by atoms with Gasteiger partial charge in [0.2, 0.25) is 0 Å². The van der Waals surface area contributed by atoms with Crippen LogP contribution in [0.4, 0.5) is 0 Å². The second kappa shape index (κ2) is 6.03. The highest BCUT2D eigenvalue weighted by atomic mass is 16.5. The van der Waals surface area contributed by atoms with Crippen molar-refractivity contribution in [3.05, 3.63) is 29.8 Å². The van der Waals surface area contributed by atoms with E-state index in [9.17, 15) is 0 Å². The molecule has 0 bridgehead atoms. The average Bonchev–Trinajstić information content (AvgIpc) is 2.77. The molecule has 3 nitrogen and oxygen atoms in total. The maximum Gasteiger partial charge on any atom is 0.119 e. The quantitative estimate of drug-likeness (QED) is 0.790. The van der Waals surface area contributed by atoms with Crippen LogP contribution in [-0.2, 0) is 0 Å². The van der Waals surface area contributed by atoms with E-state index in [4.69, 9.17) is 10.5 Å². The average molecular weight is 234 g/mol. The molecule has 3 heteroatoms. The first-order valence-corrected chi connectivity index (χ1v) is 6.41. The molecule has 1 aliphatic heterocycles. The summed E-state index contributed by atoms with van der Waals surface area (Å²) < 4.78 is 5.68. The fourth-order valence-electron chi connectivity index (χ4n) is 2.34. The van der Waals surface area contributed by atoms with Crippen LogP contribution in [0.3, 0.4) is 0 Å². The summed E-state index contributed by atoms with van der Waals surface area (Å²) in [4.78, 5) is 2.38. The van der Waals surface area contributed by atoms with Crippen molar-refractivity contribution < 1.29 is 4.74 Å². The van der Waals surface area contributed by atoms with E-state index in [-0.39, 0.29) is 0 Å². The fraction of sp³-hybridized carbons (Fsp3) is 0.571. The molecular weight excluding hydrogens is 212 g/mol. The summed E-state index contributed by atoms with van der Waals surface area (Å²) in [6.45, 7) is 3.76. The summed E-state index contributed by atoms with van der Waals surface area (Å²) in [5, 5.41) is 0. The minimum atomic E-state index is 0.665. The number of likely N-dealkylation sites (tertiary alicyclic amines) is 1. The molecule has 1 saturated heterocycles. The number of ether oxygens (including phenoxy) is 1. The molecule has 1 atom stereocenters. The number of rotatable bonds is 5. The molecule has 1 unspecified atom stereocenters. The zero-order valence-corrected chi connectivity index (χ0v) is 10.6. The minimum absolute atomic E-state index is 0.665. The second-order valence-electron chi connectivity index (χ2n) is 4.81. The van der Waals surface area contributed by atoms with Crippen molar-refractivity contribution in [1.82, 2.24) is 4.90 Å². The summed E-state index contributed by atoms with van der Waals surface area (Å²) in [5.41, 5.74) is 6.85. The van der Waals surface area contributed by atoms with Crippen molar-refractivity contribution in [3.63, 3.8) is 0 Å². The topological polar surface area (TPSA) is 38.5 Å².